The molecule has 0 saturated heterocycles. The lowest BCUT2D eigenvalue weighted by molar-refractivity contribution is -0.136. The zero-order valence-corrected chi connectivity index (χ0v) is 8.27. The van der Waals surface area contributed by atoms with E-state index in [1.54, 1.807) is 11.6 Å². The second-order valence-electron chi connectivity index (χ2n) is 3.15. The van der Waals surface area contributed by atoms with Crippen molar-refractivity contribution in [2.75, 3.05) is 0 Å². The first kappa shape index (κ1) is 10.7. The summed E-state index contributed by atoms with van der Waals surface area (Å²) >= 11 is 0. The number of aliphatic hydroxyl groups is 1. The van der Waals surface area contributed by atoms with Crippen LogP contribution in [0.25, 0.3) is 0 Å². The Morgan fingerprint density at radius 2 is 2.36 bits per heavy atom. The van der Waals surface area contributed by atoms with Gasteiger partial charge in [0.05, 0.1) is 18.0 Å². The van der Waals surface area contributed by atoms with Gasteiger partial charge in [-0.25, -0.2) is 4.98 Å². The lowest BCUT2D eigenvalue weighted by Gasteiger charge is -2.09. The minimum absolute atomic E-state index is 0.118. The van der Waals surface area contributed by atoms with Crippen molar-refractivity contribution in [2.45, 2.75) is 25.9 Å². The predicted molar refractivity (Wildman–Crippen MR) is 49.8 cm³/mol. The molecular formula is C9H14N2O3. The Morgan fingerprint density at radius 1 is 1.71 bits per heavy atom. The molecule has 0 amide bonds. The number of aliphatic hydroxyl groups excluding tert-OH is 1. The first-order valence-corrected chi connectivity index (χ1v) is 4.46. The second kappa shape index (κ2) is 4.23. The van der Waals surface area contributed by atoms with Crippen molar-refractivity contribution in [1.82, 2.24) is 9.55 Å². The van der Waals surface area contributed by atoms with Crippen molar-refractivity contribution in [1.29, 1.82) is 0 Å². The van der Waals surface area contributed by atoms with Crippen LogP contribution in [-0.4, -0.2) is 25.7 Å². The van der Waals surface area contributed by atoms with Gasteiger partial charge in [-0.2, -0.15) is 0 Å². The van der Waals surface area contributed by atoms with E-state index in [9.17, 15) is 9.90 Å². The average Bonchev–Trinajstić information content (AvgIpc) is 2.46. The summed E-state index contributed by atoms with van der Waals surface area (Å²) in [5.41, 5.74) is 0.656. The molecule has 78 valence electrons. The molecular weight excluding hydrogens is 184 g/mol. The van der Waals surface area contributed by atoms with Crippen LogP contribution in [0.2, 0.25) is 0 Å². The highest BCUT2D eigenvalue weighted by Crippen LogP contribution is 2.16. The summed E-state index contributed by atoms with van der Waals surface area (Å²) in [6.07, 6.45) is 1.42. The number of carboxylic acid groups (broad SMARTS) is 1. The maximum absolute atomic E-state index is 10.5. The summed E-state index contributed by atoms with van der Waals surface area (Å²) in [5, 5.41) is 18.1. The highest BCUT2D eigenvalue weighted by atomic mass is 16.4. The van der Waals surface area contributed by atoms with E-state index < -0.39 is 12.1 Å². The van der Waals surface area contributed by atoms with Crippen molar-refractivity contribution in [3.8, 4) is 0 Å². The number of rotatable bonds is 4. The number of imidazole rings is 1. The maximum atomic E-state index is 10.5. The van der Waals surface area contributed by atoms with E-state index in [0.717, 1.165) is 0 Å². The molecule has 0 fully saturated rings. The molecule has 1 unspecified atom stereocenters. The molecule has 0 spiro atoms. The Hall–Kier alpha value is -1.36. The van der Waals surface area contributed by atoms with Crippen LogP contribution in [0.4, 0.5) is 0 Å². The van der Waals surface area contributed by atoms with Crippen molar-refractivity contribution in [3.63, 3.8) is 0 Å². The van der Waals surface area contributed by atoms with E-state index in [1.807, 2.05) is 6.92 Å². The van der Waals surface area contributed by atoms with E-state index in [4.69, 9.17) is 5.11 Å². The van der Waals surface area contributed by atoms with Crippen LogP contribution in [-0.2, 0) is 18.3 Å². The zero-order valence-electron chi connectivity index (χ0n) is 8.27. The Kier molecular flexibility index (Phi) is 3.24. The molecule has 0 bridgehead atoms. The number of aromatic nitrogens is 2. The number of aliphatic carboxylic acids is 1. The maximum Gasteiger partial charge on any atom is 0.311 e. The van der Waals surface area contributed by atoms with Crippen LogP contribution in [0.3, 0.4) is 0 Å². The highest BCUT2D eigenvalue weighted by molar-refractivity contribution is 5.69. The Bertz CT molecular complexity index is 333. The third-order valence-electron chi connectivity index (χ3n) is 2.16. The van der Waals surface area contributed by atoms with Crippen LogP contribution in [0.15, 0.2) is 6.20 Å². The van der Waals surface area contributed by atoms with Gasteiger partial charge in [0.1, 0.15) is 12.2 Å². The summed E-state index contributed by atoms with van der Waals surface area (Å²) in [6.45, 7) is 1.86. The SMILES string of the molecule is CCC(O)c1cnc(CC(=O)O)n1C. The molecule has 0 aliphatic carbocycles. The Morgan fingerprint density at radius 3 is 2.86 bits per heavy atom. The Balaban J connectivity index is 2.90. The number of carboxylic acids is 1. The first-order chi connectivity index (χ1) is 6.56. The molecule has 1 aromatic rings. The summed E-state index contributed by atoms with van der Waals surface area (Å²) in [5.74, 6) is -0.462. The van der Waals surface area contributed by atoms with Gasteiger partial charge >= 0.3 is 5.97 Å². The quantitative estimate of drug-likeness (QED) is 0.738. The van der Waals surface area contributed by atoms with Crippen molar-refractivity contribution < 1.29 is 15.0 Å². The van der Waals surface area contributed by atoms with Gasteiger partial charge in [-0.15, -0.1) is 0 Å². The fourth-order valence-corrected chi connectivity index (χ4v) is 1.28. The lowest BCUT2D eigenvalue weighted by atomic mass is 10.2. The fourth-order valence-electron chi connectivity index (χ4n) is 1.28. The smallest absolute Gasteiger partial charge is 0.311 e. The molecule has 1 heterocycles. The molecule has 0 aliphatic heterocycles. The summed E-state index contributed by atoms with van der Waals surface area (Å²) in [4.78, 5) is 14.4. The van der Waals surface area contributed by atoms with Crippen molar-refractivity contribution >= 4 is 5.97 Å². The number of nitrogens with zero attached hydrogens (tertiary/aromatic N) is 2. The van der Waals surface area contributed by atoms with Crippen LogP contribution in [0.5, 0.6) is 0 Å². The summed E-state index contributed by atoms with van der Waals surface area (Å²) in [7, 11) is 1.71. The van der Waals surface area contributed by atoms with E-state index >= 15 is 0 Å². The minimum Gasteiger partial charge on any atom is -0.481 e. The van der Waals surface area contributed by atoms with Gasteiger partial charge in [0, 0.05) is 7.05 Å². The molecule has 1 rings (SSSR count). The Labute approximate surface area is 82.0 Å². The van der Waals surface area contributed by atoms with Gasteiger partial charge in [0.15, 0.2) is 0 Å². The fraction of sp³-hybridized carbons (Fsp3) is 0.556. The standard InChI is InChI=1S/C9H14N2O3/c1-3-7(12)6-5-10-8(11(6)2)4-9(13)14/h5,7,12H,3-4H2,1-2H3,(H,13,14). The molecule has 5 nitrogen and oxygen atoms in total. The monoisotopic (exact) mass is 198 g/mol. The predicted octanol–water partition coefficient (Wildman–Crippen LogP) is 0.491. The van der Waals surface area contributed by atoms with E-state index in [2.05, 4.69) is 4.98 Å². The number of hydrogen-bond donors (Lipinski definition) is 2. The van der Waals surface area contributed by atoms with Crippen molar-refractivity contribution in [2.24, 2.45) is 7.05 Å². The number of hydrogen-bond acceptors (Lipinski definition) is 3. The van der Waals surface area contributed by atoms with Crippen LogP contribution in [0, 0.1) is 0 Å². The van der Waals surface area contributed by atoms with Gasteiger partial charge in [-0.05, 0) is 6.42 Å². The third kappa shape index (κ3) is 2.11. The molecule has 5 heteroatoms. The minimum atomic E-state index is -0.920. The summed E-state index contributed by atoms with van der Waals surface area (Å²) < 4.78 is 1.63. The third-order valence-corrected chi connectivity index (χ3v) is 2.16. The lowest BCUT2D eigenvalue weighted by Crippen LogP contribution is -2.10. The molecule has 0 aliphatic rings. The topological polar surface area (TPSA) is 75.3 Å². The van der Waals surface area contributed by atoms with Gasteiger partial charge in [0.25, 0.3) is 0 Å². The zero-order chi connectivity index (χ0) is 10.7. The van der Waals surface area contributed by atoms with Gasteiger partial charge in [-0.3, -0.25) is 4.79 Å². The van der Waals surface area contributed by atoms with Gasteiger partial charge in [-0.1, -0.05) is 6.92 Å². The van der Waals surface area contributed by atoms with E-state index in [0.29, 0.717) is 17.9 Å². The van der Waals surface area contributed by atoms with E-state index in [-0.39, 0.29) is 6.42 Å². The molecule has 1 atom stereocenters. The molecule has 2 N–H and O–H groups in total. The summed E-state index contributed by atoms with van der Waals surface area (Å²) in [6, 6.07) is 0. The highest BCUT2D eigenvalue weighted by Gasteiger charge is 2.14. The largest absolute Gasteiger partial charge is 0.481 e. The first-order valence-electron chi connectivity index (χ1n) is 4.46. The second-order valence-corrected chi connectivity index (χ2v) is 3.15. The molecule has 1 aromatic heterocycles. The van der Waals surface area contributed by atoms with Gasteiger partial charge in [0.2, 0.25) is 0 Å². The number of carbonyl (C=O) groups is 1. The molecule has 0 saturated carbocycles. The van der Waals surface area contributed by atoms with E-state index in [1.165, 1.54) is 6.20 Å². The van der Waals surface area contributed by atoms with Gasteiger partial charge < -0.3 is 14.8 Å². The average molecular weight is 198 g/mol. The molecule has 0 aromatic carbocycles. The van der Waals surface area contributed by atoms with Crippen LogP contribution >= 0.6 is 0 Å². The normalized spacial score (nSPS) is 12.8. The van der Waals surface area contributed by atoms with Crippen molar-refractivity contribution in [3.05, 3.63) is 17.7 Å². The van der Waals surface area contributed by atoms with Crippen LogP contribution < -0.4 is 0 Å². The molecule has 0 radical (unpaired) electrons. The van der Waals surface area contributed by atoms with Crippen LogP contribution in [0.1, 0.15) is 31.0 Å². The molecule has 14 heavy (non-hydrogen) atoms.